The number of ether oxygens (including phenoxy) is 1. The molecule has 0 saturated carbocycles. The van der Waals surface area contributed by atoms with Gasteiger partial charge in [0.2, 0.25) is 0 Å². The maximum absolute atomic E-state index is 14.0. The van der Waals surface area contributed by atoms with Gasteiger partial charge in [-0.3, -0.25) is 4.90 Å². The number of hydrogen-bond donors (Lipinski definition) is 1. The van der Waals surface area contributed by atoms with Crippen molar-refractivity contribution in [3.05, 3.63) is 70.0 Å². The van der Waals surface area contributed by atoms with Gasteiger partial charge in [0.05, 0.1) is 17.2 Å². The number of urea groups is 1. The predicted molar refractivity (Wildman–Crippen MR) is 157 cm³/mol. The van der Waals surface area contributed by atoms with Gasteiger partial charge in [-0.1, -0.05) is 6.07 Å². The van der Waals surface area contributed by atoms with Crippen molar-refractivity contribution in [2.75, 3.05) is 39.3 Å². The Morgan fingerprint density at radius 2 is 1.50 bits per heavy atom. The molecule has 4 rings (SSSR count). The zero-order valence-corrected chi connectivity index (χ0v) is 26.2. The van der Waals surface area contributed by atoms with Crippen LogP contribution in [0, 0.1) is 12.7 Å². The summed E-state index contributed by atoms with van der Waals surface area (Å²) in [5.41, 5.74) is -2.27. The summed E-state index contributed by atoms with van der Waals surface area (Å²) in [6, 6.07) is 4.75. The molecule has 0 aliphatic carbocycles. The van der Waals surface area contributed by atoms with Gasteiger partial charge < -0.3 is 19.9 Å². The maximum Gasteiger partial charge on any atom is 0.416 e. The Bertz CT molecular complexity index is 1370. The Morgan fingerprint density at radius 3 is 2.04 bits per heavy atom. The molecule has 2 unspecified atom stereocenters. The highest BCUT2D eigenvalue weighted by molar-refractivity contribution is 5.75. The number of piperazine rings is 1. The smallest absolute Gasteiger partial charge is 0.416 e. The van der Waals surface area contributed by atoms with Gasteiger partial charge in [0.25, 0.3) is 0 Å². The minimum atomic E-state index is -4.97. The molecule has 46 heavy (non-hydrogen) atoms. The van der Waals surface area contributed by atoms with Gasteiger partial charge >= 0.3 is 24.5 Å². The van der Waals surface area contributed by atoms with Crippen molar-refractivity contribution in [2.45, 2.75) is 77.0 Å². The molecule has 2 aliphatic heterocycles. The van der Waals surface area contributed by atoms with Gasteiger partial charge in [0.1, 0.15) is 11.4 Å². The number of nitrogens with one attached hydrogen (secondary N) is 1. The first kappa shape index (κ1) is 35.3. The van der Waals surface area contributed by atoms with E-state index in [4.69, 9.17) is 4.74 Å². The van der Waals surface area contributed by atoms with E-state index in [1.807, 2.05) is 0 Å². The van der Waals surface area contributed by atoms with Crippen molar-refractivity contribution in [1.29, 1.82) is 0 Å². The Balaban J connectivity index is 1.45. The topological polar surface area (TPSA) is 65.1 Å². The third-order valence-electron chi connectivity index (χ3n) is 8.25. The molecule has 2 aromatic carbocycles. The lowest BCUT2D eigenvalue weighted by Crippen LogP contribution is -2.56. The van der Waals surface area contributed by atoms with Gasteiger partial charge in [-0.25, -0.2) is 14.0 Å². The molecule has 7 nitrogen and oxygen atoms in total. The van der Waals surface area contributed by atoms with E-state index < -0.39 is 47.0 Å². The van der Waals surface area contributed by atoms with E-state index >= 15 is 0 Å². The van der Waals surface area contributed by atoms with Crippen LogP contribution in [0.4, 0.5) is 40.3 Å². The van der Waals surface area contributed by atoms with Crippen LogP contribution in [0.2, 0.25) is 0 Å². The number of halogens is 7. The van der Waals surface area contributed by atoms with Gasteiger partial charge in [-0.2, -0.15) is 26.3 Å². The summed E-state index contributed by atoms with van der Waals surface area (Å²) in [4.78, 5) is 31.4. The highest BCUT2D eigenvalue weighted by Crippen LogP contribution is 2.37. The lowest BCUT2D eigenvalue weighted by molar-refractivity contribution is -0.143. The van der Waals surface area contributed by atoms with Gasteiger partial charge in [0.15, 0.2) is 0 Å². The molecular weight excluding hydrogens is 621 g/mol. The minimum Gasteiger partial charge on any atom is -0.444 e. The van der Waals surface area contributed by atoms with Crippen LogP contribution in [0.5, 0.6) is 0 Å². The molecule has 14 heteroatoms. The van der Waals surface area contributed by atoms with Gasteiger partial charge in [-0.15, -0.1) is 0 Å². The zero-order chi connectivity index (χ0) is 34.0. The Hall–Kier alpha value is -3.55. The number of carbonyl (C=O) groups is 2. The fourth-order valence-electron chi connectivity index (χ4n) is 6.00. The lowest BCUT2D eigenvalue weighted by atomic mass is 9.88. The van der Waals surface area contributed by atoms with Crippen LogP contribution in [0.25, 0.3) is 0 Å². The van der Waals surface area contributed by atoms with Crippen LogP contribution < -0.4 is 5.32 Å². The molecule has 0 spiro atoms. The largest absolute Gasteiger partial charge is 0.444 e. The van der Waals surface area contributed by atoms with E-state index in [9.17, 15) is 40.3 Å². The van der Waals surface area contributed by atoms with Crippen LogP contribution >= 0.6 is 0 Å². The molecule has 254 valence electrons. The van der Waals surface area contributed by atoms with Crippen molar-refractivity contribution in [1.82, 2.24) is 20.0 Å². The number of alkyl halides is 6. The summed E-state index contributed by atoms with van der Waals surface area (Å²) < 4.78 is 99.1. The first-order valence-electron chi connectivity index (χ1n) is 15.1. The highest BCUT2D eigenvalue weighted by atomic mass is 19.4. The molecule has 3 amide bonds. The minimum absolute atomic E-state index is 0.0465. The molecular formula is C32H39F7N4O3. The zero-order valence-electron chi connectivity index (χ0n) is 26.2. The number of aryl methyl sites for hydroxylation is 1. The molecule has 2 atom stereocenters. The number of carbonyl (C=O) groups excluding carboxylic acids is 2. The number of benzene rings is 2. The average molecular weight is 661 g/mol. The number of hydrogen-bond acceptors (Lipinski definition) is 4. The van der Waals surface area contributed by atoms with Gasteiger partial charge in [-0.05, 0) is 94.0 Å². The second-order valence-corrected chi connectivity index (χ2v) is 12.8. The van der Waals surface area contributed by atoms with Gasteiger partial charge in [0, 0.05) is 45.3 Å². The summed E-state index contributed by atoms with van der Waals surface area (Å²) in [5.74, 6) is -0.429. The van der Waals surface area contributed by atoms with E-state index in [1.54, 1.807) is 43.6 Å². The summed E-state index contributed by atoms with van der Waals surface area (Å²) in [6.07, 6.45) is -9.46. The van der Waals surface area contributed by atoms with Crippen LogP contribution in [0.3, 0.4) is 0 Å². The van der Waals surface area contributed by atoms with Crippen molar-refractivity contribution in [3.8, 4) is 0 Å². The van der Waals surface area contributed by atoms with Crippen LogP contribution in [-0.4, -0.2) is 77.7 Å². The third kappa shape index (κ3) is 9.04. The predicted octanol–water partition coefficient (Wildman–Crippen LogP) is 7.18. The SMILES string of the molecule is Cc1cc(F)ccc1C1CC(N2CCN(C(=O)OC(C)(C)C)CC2)CCN1C(=O)NCCc1cc(C(F)(F)F)cc(C(F)(F)F)c1. The average Bonchev–Trinajstić information content (AvgIpc) is 2.95. The van der Waals surface area contributed by atoms with E-state index in [2.05, 4.69) is 10.2 Å². The summed E-state index contributed by atoms with van der Waals surface area (Å²) in [6.45, 7) is 9.41. The fraction of sp³-hybridized carbons (Fsp3) is 0.562. The van der Waals surface area contributed by atoms with Crippen molar-refractivity contribution in [2.24, 2.45) is 0 Å². The number of amides is 3. The lowest BCUT2D eigenvalue weighted by Gasteiger charge is -2.46. The van der Waals surface area contributed by atoms with Crippen molar-refractivity contribution < 1.29 is 45.1 Å². The van der Waals surface area contributed by atoms with Crippen molar-refractivity contribution in [3.63, 3.8) is 0 Å². The maximum atomic E-state index is 14.0. The van der Waals surface area contributed by atoms with E-state index in [1.165, 1.54) is 12.1 Å². The molecule has 0 bridgehead atoms. The first-order chi connectivity index (χ1) is 21.3. The Morgan fingerprint density at radius 1 is 0.891 bits per heavy atom. The molecule has 2 aliphatic rings. The molecule has 0 radical (unpaired) electrons. The molecule has 2 saturated heterocycles. The molecule has 2 heterocycles. The number of rotatable bonds is 5. The van der Waals surface area contributed by atoms with E-state index in [-0.39, 0.29) is 36.7 Å². The second-order valence-electron chi connectivity index (χ2n) is 12.8. The van der Waals surface area contributed by atoms with E-state index in [0.717, 1.165) is 5.56 Å². The number of piperidine rings is 1. The molecule has 0 aromatic heterocycles. The third-order valence-corrected chi connectivity index (χ3v) is 8.25. The quantitative estimate of drug-likeness (QED) is 0.345. The van der Waals surface area contributed by atoms with Crippen LogP contribution in [0.15, 0.2) is 36.4 Å². The monoisotopic (exact) mass is 660 g/mol. The van der Waals surface area contributed by atoms with Crippen LogP contribution in [-0.2, 0) is 23.5 Å². The van der Waals surface area contributed by atoms with Crippen molar-refractivity contribution >= 4 is 12.1 Å². The number of likely N-dealkylation sites (tertiary alicyclic amines) is 1. The van der Waals surface area contributed by atoms with E-state index in [0.29, 0.717) is 63.3 Å². The first-order valence-corrected chi connectivity index (χ1v) is 15.1. The normalized spacial score (nSPS) is 20.1. The standard InChI is InChI=1S/C32H39F7N4O3/c1-20-15-24(33)5-6-26(20)27-19-25(41-11-13-42(14-12-41)29(45)46-30(2,3)4)8-10-43(27)28(44)40-9-7-21-16-22(31(34,35)36)18-23(17-21)32(37,38)39/h5-6,15-18,25,27H,7-14,19H2,1-4H3,(H,40,44). The van der Waals surface area contributed by atoms with Crippen LogP contribution in [0.1, 0.15) is 67.5 Å². The Labute approximate surface area is 263 Å². The second kappa shape index (κ2) is 13.7. The highest BCUT2D eigenvalue weighted by Gasteiger charge is 2.39. The summed E-state index contributed by atoms with van der Waals surface area (Å²) >= 11 is 0. The summed E-state index contributed by atoms with van der Waals surface area (Å²) in [5, 5.41) is 2.66. The molecule has 2 fully saturated rings. The fourth-order valence-corrected chi connectivity index (χ4v) is 6.00. The summed E-state index contributed by atoms with van der Waals surface area (Å²) in [7, 11) is 0. The Kier molecular flexibility index (Phi) is 10.5. The molecule has 1 N–H and O–H groups in total. The number of nitrogens with zero attached hydrogens (tertiary/aromatic N) is 3. The molecule has 2 aromatic rings.